The molecule has 0 aliphatic carbocycles. The molecule has 0 atom stereocenters. The summed E-state index contributed by atoms with van der Waals surface area (Å²) in [4.78, 5) is 18.1. The van der Waals surface area contributed by atoms with Gasteiger partial charge in [-0.05, 0) is 43.0 Å². The number of amides is 1. The molecule has 23 heavy (non-hydrogen) atoms. The molecule has 0 unspecified atom stereocenters. The zero-order valence-corrected chi connectivity index (χ0v) is 13.9. The van der Waals surface area contributed by atoms with Crippen molar-refractivity contribution >= 4 is 11.6 Å². The number of piperidine rings is 1. The Morgan fingerprint density at radius 1 is 1.13 bits per heavy atom. The summed E-state index contributed by atoms with van der Waals surface area (Å²) in [5.74, 6) is 0.868. The van der Waals surface area contributed by atoms with Crippen molar-refractivity contribution in [2.24, 2.45) is 5.92 Å². The second kappa shape index (κ2) is 7.30. The fourth-order valence-electron chi connectivity index (χ4n) is 3.49. The Bertz CT molecular complexity index is 518. The maximum atomic E-state index is 13.0. The minimum Gasteiger partial charge on any atom is -0.360 e. The molecule has 0 radical (unpaired) electrons. The maximum absolute atomic E-state index is 13.0. The molecule has 0 bridgehead atoms. The number of likely N-dealkylation sites (tertiary alicyclic amines) is 1. The summed E-state index contributed by atoms with van der Waals surface area (Å²) in [6, 6.07) is 6.69. The average molecular weight is 320 g/mol. The van der Waals surface area contributed by atoms with Gasteiger partial charge >= 0.3 is 0 Å². The highest BCUT2D eigenvalue weighted by Gasteiger charge is 2.26. The van der Waals surface area contributed by atoms with Crippen molar-refractivity contribution in [1.82, 2.24) is 4.90 Å². The smallest absolute Gasteiger partial charge is 0.277 e. The van der Waals surface area contributed by atoms with E-state index in [9.17, 15) is 9.18 Å². The number of carbonyl (C=O) groups is 1. The summed E-state index contributed by atoms with van der Waals surface area (Å²) in [5.41, 5.74) is 1.07. The topological polar surface area (TPSA) is 28.0 Å². The summed E-state index contributed by atoms with van der Waals surface area (Å²) in [6.07, 6.45) is 2.28. The van der Waals surface area contributed by atoms with Gasteiger partial charge in [-0.15, -0.1) is 0 Å². The van der Waals surface area contributed by atoms with Gasteiger partial charge in [0, 0.05) is 18.8 Å². The Morgan fingerprint density at radius 3 is 2.35 bits per heavy atom. The number of rotatable bonds is 3. The zero-order chi connectivity index (χ0) is 16.2. The summed E-state index contributed by atoms with van der Waals surface area (Å²) < 4.78 is 13.0. The normalized spacial score (nSPS) is 20.8. The first kappa shape index (κ1) is 16.2. The molecule has 1 N–H and O–H groups in total. The fraction of sp³-hybridized carbons (Fsp3) is 0.611. The van der Waals surface area contributed by atoms with Crippen LogP contribution in [-0.2, 0) is 4.79 Å². The van der Waals surface area contributed by atoms with Gasteiger partial charge in [-0.1, -0.05) is 6.92 Å². The van der Waals surface area contributed by atoms with Gasteiger partial charge in [-0.2, -0.15) is 0 Å². The predicted octanol–water partition coefficient (Wildman–Crippen LogP) is 0.789. The molecule has 0 saturated carbocycles. The molecular weight excluding hydrogens is 293 g/mol. The third-order valence-electron chi connectivity index (χ3n) is 5.20. The number of carbonyl (C=O) groups excluding carboxylic acids is 1. The Balaban J connectivity index is 1.45. The zero-order valence-electron chi connectivity index (χ0n) is 13.9. The molecule has 2 heterocycles. The van der Waals surface area contributed by atoms with Crippen molar-refractivity contribution in [3.63, 3.8) is 0 Å². The van der Waals surface area contributed by atoms with Gasteiger partial charge in [-0.25, -0.2) is 4.39 Å². The predicted molar refractivity (Wildman–Crippen MR) is 89.2 cm³/mol. The highest BCUT2D eigenvalue weighted by Crippen LogP contribution is 2.16. The Labute approximate surface area is 137 Å². The molecule has 2 aliphatic heterocycles. The molecule has 5 heteroatoms. The number of anilines is 1. The number of piperazine rings is 1. The fourth-order valence-corrected chi connectivity index (χ4v) is 3.49. The highest BCUT2D eigenvalue weighted by atomic mass is 19.1. The van der Waals surface area contributed by atoms with E-state index >= 15 is 0 Å². The monoisotopic (exact) mass is 320 g/mol. The molecule has 0 aromatic heterocycles. The molecule has 1 aromatic carbocycles. The van der Waals surface area contributed by atoms with E-state index in [2.05, 4.69) is 11.8 Å². The molecule has 4 nitrogen and oxygen atoms in total. The first-order valence-corrected chi connectivity index (χ1v) is 8.73. The molecule has 126 valence electrons. The molecule has 2 saturated heterocycles. The molecular formula is C18H27FN3O+. The van der Waals surface area contributed by atoms with Crippen LogP contribution in [-0.4, -0.2) is 56.6 Å². The number of halogens is 1. The van der Waals surface area contributed by atoms with Crippen LogP contribution in [0.1, 0.15) is 19.8 Å². The van der Waals surface area contributed by atoms with Crippen LogP contribution in [0.25, 0.3) is 0 Å². The number of quaternary nitrogens is 1. The summed E-state index contributed by atoms with van der Waals surface area (Å²) in [6.45, 7) is 8.51. The Hall–Kier alpha value is -1.62. The SMILES string of the molecule is CC1CCN(C(=O)C[NH+]2CCN(c3ccc(F)cc3)CC2)CC1. The van der Waals surface area contributed by atoms with Crippen LogP contribution >= 0.6 is 0 Å². The first-order chi connectivity index (χ1) is 11.1. The van der Waals surface area contributed by atoms with Crippen molar-refractivity contribution in [3.05, 3.63) is 30.1 Å². The van der Waals surface area contributed by atoms with Crippen molar-refractivity contribution in [1.29, 1.82) is 0 Å². The van der Waals surface area contributed by atoms with E-state index in [1.165, 1.54) is 17.0 Å². The molecule has 1 amide bonds. The van der Waals surface area contributed by atoms with E-state index in [4.69, 9.17) is 0 Å². The molecule has 0 spiro atoms. The second-order valence-electron chi connectivity index (χ2n) is 6.95. The van der Waals surface area contributed by atoms with E-state index in [0.29, 0.717) is 12.5 Å². The quantitative estimate of drug-likeness (QED) is 0.892. The summed E-state index contributed by atoms with van der Waals surface area (Å²) in [5, 5.41) is 0. The lowest BCUT2D eigenvalue weighted by Crippen LogP contribution is -3.16. The number of hydrogen-bond acceptors (Lipinski definition) is 2. The van der Waals surface area contributed by atoms with E-state index in [1.54, 1.807) is 0 Å². The summed E-state index contributed by atoms with van der Waals surface area (Å²) >= 11 is 0. The lowest BCUT2D eigenvalue weighted by molar-refractivity contribution is -0.892. The first-order valence-electron chi connectivity index (χ1n) is 8.73. The van der Waals surface area contributed by atoms with Gasteiger partial charge in [0.25, 0.3) is 5.91 Å². The van der Waals surface area contributed by atoms with Crippen molar-refractivity contribution in [2.75, 3.05) is 50.7 Å². The second-order valence-corrected chi connectivity index (χ2v) is 6.95. The van der Waals surface area contributed by atoms with Crippen LogP contribution in [0.2, 0.25) is 0 Å². The Morgan fingerprint density at radius 2 is 1.74 bits per heavy atom. The lowest BCUT2D eigenvalue weighted by Gasteiger charge is -2.35. The van der Waals surface area contributed by atoms with E-state index in [0.717, 1.165) is 63.7 Å². The lowest BCUT2D eigenvalue weighted by atomic mass is 9.99. The van der Waals surface area contributed by atoms with Crippen molar-refractivity contribution in [2.45, 2.75) is 19.8 Å². The third kappa shape index (κ3) is 4.22. The molecule has 1 aromatic rings. The Kier molecular flexibility index (Phi) is 5.16. The standard InChI is InChI=1S/C18H26FN3O/c1-15-6-8-22(9-7-15)18(23)14-20-10-12-21(13-11-20)17-4-2-16(19)3-5-17/h2-5,15H,6-14H2,1H3/p+1. The van der Waals surface area contributed by atoms with Gasteiger partial charge < -0.3 is 14.7 Å². The molecule has 3 rings (SSSR count). The number of hydrogen-bond donors (Lipinski definition) is 1. The van der Waals surface area contributed by atoms with E-state index in [1.807, 2.05) is 17.0 Å². The van der Waals surface area contributed by atoms with Gasteiger partial charge in [-0.3, -0.25) is 4.79 Å². The van der Waals surface area contributed by atoms with Crippen molar-refractivity contribution in [3.8, 4) is 0 Å². The van der Waals surface area contributed by atoms with Gasteiger partial charge in [0.05, 0.1) is 26.2 Å². The largest absolute Gasteiger partial charge is 0.360 e. The van der Waals surface area contributed by atoms with Crippen molar-refractivity contribution < 1.29 is 14.1 Å². The number of nitrogens with one attached hydrogen (secondary N) is 1. The summed E-state index contributed by atoms with van der Waals surface area (Å²) in [7, 11) is 0. The number of nitrogens with zero attached hydrogens (tertiary/aromatic N) is 2. The van der Waals surface area contributed by atoms with Gasteiger partial charge in [0.1, 0.15) is 5.82 Å². The molecule has 2 fully saturated rings. The average Bonchev–Trinajstić information content (AvgIpc) is 2.57. The van der Waals surface area contributed by atoms with Crippen LogP contribution in [0, 0.1) is 11.7 Å². The van der Waals surface area contributed by atoms with Gasteiger partial charge in [0.2, 0.25) is 0 Å². The number of benzene rings is 1. The van der Waals surface area contributed by atoms with Crippen LogP contribution in [0.4, 0.5) is 10.1 Å². The van der Waals surface area contributed by atoms with Gasteiger partial charge in [0.15, 0.2) is 6.54 Å². The molecule has 2 aliphatic rings. The minimum absolute atomic E-state index is 0.195. The third-order valence-corrected chi connectivity index (χ3v) is 5.20. The van der Waals surface area contributed by atoms with Crippen LogP contribution < -0.4 is 9.80 Å². The van der Waals surface area contributed by atoms with E-state index < -0.39 is 0 Å². The highest BCUT2D eigenvalue weighted by molar-refractivity contribution is 5.77. The minimum atomic E-state index is -0.195. The van der Waals surface area contributed by atoms with E-state index in [-0.39, 0.29) is 5.82 Å². The van der Waals surface area contributed by atoms with Crippen LogP contribution in [0.3, 0.4) is 0 Å². The van der Waals surface area contributed by atoms with Crippen LogP contribution in [0.15, 0.2) is 24.3 Å². The van der Waals surface area contributed by atoms with Crippen LogP contribution in [0.5, 0.6) is 0 Å². The maximum Gasteiger partial charge on any atom is 0.277 e.